The summed E-state index contributed by atoms with van der Waals surface area (Å²) in [6.45, 7) is 0. The molecule has 0 radical (unpaired) electrons. The standard InChI is InChI=1S/C30H19N2OP/c33-34(20-9-2-1-3-10-20)26-14-7-6-13-24(26)28-22-12-5-4-11-21(22)25-19-31-18-16-23(25)29(28)30-27(34)15-8-17-32-30/h1-19H. The first-order valence-electron chi connectivity index (χ1n) is 11.3. The van der Waals surface area contributed by atoms with Crippen molar-refractivity contribution in [1.29, 1.82) is 0 Å². The van der Waals surface area contributed by atoms with Gasteiger partial charge in [0.15, 0.2) is 7.14 Å². The number of pyridine rings is 2. The van der Waals surface area contributed by atoms with E-state index in [9.17, 15) is 0 Å². The highest BCUT2D eigenvalue weighted by molar-refractivity contribution is 7.85. The lowest BCUT2D eigenvalue weighted by molar-refractivity contribution is 0.592. The van der Waals surface area contributed by atoms with Crippen LogP contribution >= 0.6 is 7.14 Å². The van der Waals surface area contributed by atoms with Crippen molar-refractivity contribution in [1.82, 2.24) is 9.97 Å². The zero-order valence-corrected chi connectivity index (χ0v) is 19.1. The second-order valence-electron chi connectivity index (χ2n) is 8.55. The van der Waals surface area contributed by atoms with Gasteiger partial charge in [0, 0.05) is 51.0 Å². The summed E-state index contributed by atoms with van der Waals surface area (Å²) < 4.78 is 15.4. The summed E-state index contributed by atoms with van der Waals surface area (Å²) in [5.74, 6) is 0. The Hall–Kier alpha value is -4.07. The van der Waals surface area contributed by atoms with Crippen LogP contribution in [0.2, 0.25) is 0 Å². The van der Waals surface area contributed by atoms with Crippen molar-refractivity contribution in [2.75, 3.05) is 0 Å². The second-order valence-corrected chi connectivity index (χ2v) is 11.2. The molecule has 7 rings (SSSR count). The molecule has 0 amide bonds. The van der Waals surface area contributed by atoms with E-state index in [-0.39, 0.29) is 0 Å². The third-order valence-electron chi connectivity index (χ3n) is 6.82. The van der Waals surface area contributed by atoms with Crippen LogP contribution in [-0.4, -0.2) is 9.97 Å². The maximum atomic E-state index is 15.4. The molecule has 0 spiro atoms. The summed E-state index contributed by atoms with van der Waals surface area (Å²) in [7, 11) is -3.21. The van der Waals surface area contributed by atoms with Gasteiger partial charge in [0.05, 0.1) is 5.69 Å². The summed E-state index contributed by atoms with van der Waals surface area (Å²) in [6.07, 6.45) is 5.55. The van der Waals surface area contributed by atoms with E-state index in [1.807, 2.05) is 73.1 Å². The van der Waals surface area contributed by atoms with Gasteiger partial charge in [-0.05, 0) is 39.9 Å². The Labute approximate surface area is 197 Å². The fourth-order valence-corrected chi connectivity index (χ4v) is 8.40. The molecule has 0 saturated heterocycles. The minimum Gasteiger partial charge on any atom is -0.309 e. The summed E-state index contributed by atoms with van der Waals surface area (Å²) in [4.78, 5) is 9.33. The molecule has 1 atom stereocenters. The quantitative estimate of drug-likeness (QED) is 0.223. The summed E-state index contributed by atoms with van der Waals surface area (Å²) in [5.41, 5.74) is 3.88. The van der Waals surface area contributed by atoms with E-state index in [0.717, 1.165) is 59.8 Å². The van der Waals surface area contributed by atoms with Crippen molar-refractivity contribution in [3.63, 3.8) is 0 Å². The van der Waals surface area contributed by atoms with Crippen LogP contribution in [0.15, 0.2) is 116 Å². The molecule has 6 aromatic rings. The molecule has 0 bridgehead atoms. The number of hydrogen-bond donors (Lipinski definition) is 0. The lowest BCUT2D eigenvalue weighted by Gasteiger charge is -2.21. The van der Waals surface area contributed by atoms with Gasteiger partial charge in [-0.2, -0.15) is 0 Å². The van der Waals surface area contributed by atoms with E-state index < -0.39 is 7.14 Å². The maximum Gasteiger partial charge on any atom is 0.173 e. The van der Waals surface area contributed by atoms with Crippen molar-refractivity contribution in [2.24, 2.45) is 0 Å². The van der Waals surface area contributed by atoms with Gasteiger partial charge in [0.1, 0.15) is 0 Å². The molecule has 0 fully saturated rings. The molecule has 3 nitrogen and oxygen atoms in total. The molecule has 4 heteroatoms. The van der Waals surface area contributed by atoms with Crippen LogP contribution in [0.25, 0.3) is 43.9 Å². The number of benzene rings is 4. The van der Waals surface area contributed by atoms with Crippen LogP contribution in [0.4, 0.5) is 0 Å². The Morgan fingerprint density at radius 2 is 1.26 bits per heavy atom. The topological polar surface area (TPSA) is 42.9 Å². The van der Waals surface area contributed by atoms with Gasteiger partial charge in [-0.1, -0.05) is 78.9 Å². The lowest BCUT2D eigenvalue weighted by atomic mass is 9.87. The largest absolute Gasteiger partial charge is 0.309 e. The highest BCUT2D eigenvalue weighted by atomic mass is 31.2. The van der Waals surface area contributed by atoms with Crippen LogP contribution in [-0.2, 0) is 4.57 Å². The fourth-order valence-electron chi connectivity index (χ4n) is 5.41. The second kappa shape index (κ2) is 7.21. The van der Waals surface area contributed by atoms with E-state index in [1.54, 1.807) is 6.20 Å². The normalized spacial score (nSPS) is 16.5. The SMILES string of the molecule is O=P1(c2ccccc2)c2ccccc2-c2c(c3ccncc3c3ccccc23)-c2ncccc21. The molecule has 3 heterocycles. The third-order valence-corrected chi connectivity index (χ3v) is 9.96. The zero-order valence-electron chi connectivity index (χ0n) is 18.2. The van der Waals surface area contributed by atoms with E-state index >= 15 is 4.57 Å². The summed E-state index contributed by atoms with van der Waals surface area (Å²) in [6, 6.07) is 32.4. The highest BCUT2D eigenvalue weighted by Crippen LogP contribution is 2.54. The maximum absolute atomic E-state index is 15.4. The summed E-state index contributed by atoms with van der Waals surface area (Å²) in [5, 5.41) is 6.84. The van der Waals surface area contributed by atoms with Gasteiger partial charge in [0.25, 0.3) is 0 Å². The van der Waals surface area contributed by atoms with Crippen molar-refractivity contribution in [3.05, 3.63) is 116 Å². The van der Waals surface area contributed by atoms with E-state index in [4.69, 9.17) is 4.98 Å². The number of nitrogens with zero attached hydrogens (tertiary/aromatic N) is 2. The molecule has 0 saturated carbocycles. The van der Waals surface area contributed by atoms with Crippen LogP contribution in [0, 0.1) is 0 Å². The first-order valence-corrected chi connectivity index (χ1v) is 13.0. The molecule has 34 heavy (non-hydrogen) atoms. The third kappa shape index (κ3) is 2.50. The van der Waals surface area contributed by atoms with Gasteiger partial charge in [0.2, 0.25) is 0 Å². The summed E-state index contributed by atoms with van der Waals surface area (Å²) >= 11 is 0. The van der Waals surface area contributed by atoms with E-state index in [2.05, 4.69) is 41.4 Å². The van der Waals surface area contributed by atoms with Crippen molar-refractivity contribution < 1.29 is 4.57 Å². The Morgan fingerprint density at radius 3 is 2.15 bits per heavy atom. The minimum absolute atomic E-state index is 0.779. The average molecular weight is 454 g/mol. The van der Waals surface area contributed by atoms with Gasteiger partial charge in [-0.15, -0.1) is 0 Å². The molecule has 160 valence electrons. The molecule has 1 unspecified atom stereocenters. The number of fused-ring (bicyclic) bond motifs is 10. The van der Waals surface area contributed by atoms with Crippen LogP contribution in [0.1, 0.15) is 0 Å². The van der Waals surface area contributed by atoms with Crippen molar-refractivity contribution in [2.45, 2.75) is 0 Å². The van der Waals surface area contributed by atoms with E-state index in [1.165, 1.54) is 0 Å². The highest BCUT2D eigenvalue weighted by Gasteiger charge is 2.39. The Bertz CT molecular complexity index is 1680. The van der Waals surface area contributed by atoms with E-state index in [0.29, 0.717) is 0 Å². The Balaban J connectivity index is 1.80. The van der Waals surface area contributed by atoms with Gasteiger partial charge < -0.3 is 4.57 Å². The van der Waals surface area contributed by atoms with Crippen LogP contribution in [0.5, 0.6) is 0 Å². The number of aromatic nitrogens is 2. The van der Waals surface area contributed by atoms with Crippen LogP contribution < -0.4 is 15.9 Å². The lowest BCUT2D eigenvalue weighted by Crippen LogP contribution is -2.26. The molecule has 1 aliphatic rings. The minimum atomic E-state index is -3.21. The number of rotatable bonds is 1. The van der Waals surface area contributed by atoms with Crippen molar-refractivity contribution in [3.8, 4) is 22.4 Å². The molecule has 2 aromatic heterocycles. The van der Waals surface area contributed by atoms with Crippen LogP contribution in [0.3, 0.4) is 0 Å². The molecule has 0 aliphatic carbocycles. The average Bonchev–Trinajstić information content (AvgIpc) is 3.02. The molecule has 0 N–H and O–H groups in total. The monoisotopic (exact) mass is 454 g/mol. The predicted octanol–water partition coefficient (Wildman–Crippen LogP) is 6.07. The molecular weight excluding hydrogens is 435 g/mol. The Kier molecular flexibility index (Phi) is 4.12. The first-order chi connectivity index (χ1) is 16.8. The zero-order chi connectivity index (χ0) is 22.7. The fraction of sp³-hybridized carbons (Fsp3) is 0. The predicted molar refractivity (Wildman–Crippen MR) is 141 cm³/mol. The molecular formula is C30H19N2OP. The smallest absolute Gasteiger partial charge is 0.173 e. The van der Waals surface area contributed by atoms with Gasteiger partial charge in [-0.3, -0.25) is 9.97 Å². The van der Waals surface area contributed by atoms with Crippen molar-refractivity contribution >= 4 is 44.6 Å². The molecule has 1 aliphatic heterocycles. The van der Waals surface area contributed by atoms with Gasteiger partial charge in [-0.25, -0.2) is 0 Å². The Morgan fingerprint density at radius 1 is 0.559 bits per heavy atom. The molecule has 4 aromatic carbocycles. The van der Waals surface area contributed by atoms with Gasteiger partial charge >= 0.3 is 0 Å². The number of hydrogen-bond acceptors (Lipinski definition) is 3. The first kappa shape index (κ1) is 19.4.